The van der Waals surface area contributed by atoms with Crippen molar-refractivity contribution in [3.05, 3.63) is 23.0 Å². The van der Waals surface area contributed by atoms with Crippen LogP contribution in [0.15, 0.2) is 6.07 Å². The van der Waals surface area contributed by atoms with Gasteiger partial charge in [-0.15, -0.1) is 0 Å². The van der Waals surface area contributed by atoms with E-state index in [9.17, 15) is 9.90 Å². The Labute approximate surface area is 120 Å². The van der Waals surface area contributed by atoms with Crippen LogP contribution < -0.4 is 5.32 Å². The number of rotatable bonds is 5. The summed E-state index contributed by atoms with van der Waals surface area (Å²) in [5.74, 6) is -0.921. The lowest BCUT2D eigenvalue weighted by Gasteiger charge is -2.26. The van der Waals surface area contributed by atoms with Crippen molar-refractivity contribution in [1.29, 1.82) is 0 Å². The van der Waals surface area contributed by atoms with Crippen molar-refractivity contribution in [1.82, 2.24) is 9.88 Å². The normalized spacial score (nSPS) is 16.1. The van der Waals surface area contributed by atoms with Gasteiger partial charge in [0.1, 0.15) is 5.56 Å². The smallest absolute Gasteiger partial charge is 0.339 e. The number of likely N-dealkylation sites (tertiary alicyclic amines) is 1. The molecule has 0 unspecified atom stereocenters. The summed E-state index contributed by atoms with van der Waals surface area (Å²) in [6.45, 7) is 7.66. The van der Waals surface area contributed by atoms with Crippen LogP contribution >= 0.6 is 0 Å². The number of pyridine rings is 1. The van der Waals surface area contributed by atoms with Crippen LogP contribution in [0.3, 0.4) is 0 Å². The van der Waals surface area contributed by atoms with Crippen LogP contribution in [-0.4, -0.2) is 47.1 Å². The first-order valence-corrected chi connectivity index (χ1v) is 7.25. The number of nitrogens with zero attached hydrogens (tertiary/aromatic N) is 2. The van der Waals surface area contributed by atoms with E-state index >= 15 is 0 Å². The molecule has 1 fully saturated rings. The molecule has 1 aromatic heterocycles. The zero-order valence-electron chi connectivity index (χ0n) is 12.3. The highest BCUT2D eigenvalue weighted by Crippen LogP contribution is 2.19. The van der Waals surface area contributed by atoms with E-state index in [0.29, 0.717) is 11.4 Å². The molecule has 110 valence electrons. The van der Waals surface area contributed by atoms with Gasteiger partial charge in [-0.1, -0.05) is 6.42 Å². The van der Waals surface area contributed by atoms with E-state index in [1.54, 1.807) is 6.92 Å². The molecule has 0 bridgehead atoms. The second kappa shape index (κ2) is 6.70. The van der Waals surface area contributed by atoms with E-state index in [4.69, 9.17) is 0 Å². The van der Waals surface area contributed by atoms with Crippen molar-refractivity contribution in [2.24, 2.45) is 0 Å². The molecule has 0 aromatic carbocycles. The Balaban J connectivity index is 1.99. The SMILES string of the molecule is Cc1cc(NCCN2CCCCC2)c(C(=O)O)c(C)n1. The lowest BCUT2D eigenvalue weighted by atomic mass is 10.1. The fourth-order valence-corrected chi connectivity index (χ4v) is 2.77. The summed E-state index contributed by atoms with van der Waals surface area (Å²) in [7, 11) is 0. The zero-order valence-corrected chi connectivity index (χ0v) is 12.3. The Morgan fingerprint density at radius 2 is 2.05 bits per heavy atom. The number of piperidine rings is 1. The fourth-order valence-electron chi connectivity index (χ4n) is 2.77. The van der Waals surface area contributed by atoms with Gasteiger partial charge in [0.15, 0.2) is 0 Å². The number of hydrogen-bond acceptors (Lipinski definition) is 4. The molecule has 0 aliphatic carbocycles. The number of carboxylic acid groups (broad SMARTS) is 1. The first-order chi connectivity index (χ1) is 9.58. The van der Waals surface area contributed by atoms with Crippen molar-refractivity contribution in [3.8, 4) is 0 Å². The average Bonchev–Trinajstić information content (AvgIpc) is 2.38. The fraction of sp³-hybridized carbons (Fsp3) is 0.600. The summed E-state index contributed by atoms with van der Waals surface area (Å²) in [5.41, 5.74) is 2.37. The molecule has 5 heteroatoms. The summed E-state index contributed by atoms with van der Waals surface area (Å²) in [6.07, 6.45) is 3.87. The maximum absolute atomic E-state index is 11.3. The predicted molar refractivity (Wildman–Crippen MR) is 79.5 cm³/mol. The quantitative estimate of drug-likeness (QED) is 0.864. The molecule has 2 N–H and O–H groups in total. The molecule has 2 rings (SSSR count). The topological polar surface area (TPSA) is 65.5 Å². The zero-order chi connectivity index (χ0) is 14.5. The number of carboxylic acids is 1. The standard InChI is InChI=1S/C15H23N3O2/c1-11-10-13(14(15(19)20)12(2)17-11)16-6-9-18-7-4-3-5-8-18/h10H,3-9H2,1-2H3,(H,16,17)(H,19,20). The van der Waals surface area contributed by atoms with Gasteiger partial charge in [0.2, 0.25) is 0 Å². The highest BCUT2D eigenvalue weighted by atomic mass is 16.4. The molecule has 0 saturated carbocycles. The molecular formula is C15H23N3O2. The van der Waals surface area contributed by atoms with Gasteiger partial charge in [0.05, 0.1) is 11.4 Å². The van der Waals surface area contributed by atoms with Crippen LogP contribution in [0.1, 0.15) is 41.0 Å². The van der Waals surface area contributed by atoms with Crippen LogP contribution in [0.4, 0.5) is 5.69 Å². The maximum Gasteiger partial charge on any atom is 0.339 e. The molecule has 0 amide bonds. The van der Waals surface area contributed by atoms with Gasteiger partial charge in [-0.05, 0) is 45.8 Å². The Morgan fingerprint density at radius 3 is 2.70 bits per heavy atom. The summed E-state index contributed by atoms with van der Waals surface area (Å²) in [6, 6.07) is 1.81. The average molecular weight is 277 g/mol. The highest BCUT2D eigenvalue weighted by Gasteiger charge is 2.15. The summed E-state index contributed by atoms with van der Waals surface area (Å²) < 4.78 is 0. The van der Waals surface area contributed by atoms with E-state index in [0.717, 1.165) is 31.9 Å². The van der Waals surface area contributed by atoms with Crippen LogP contribution in [0.2, 0.25) is 0 Å². The minimum absolute atomic E-state index is 0.286. The number of aromatic nitrogens is 1. The van der Waals surface area contributed by atoms with E-state index in [1.165, 1.54) is 19.3 Å². The Bertz CT molecular complexity index is 482. The van der Waals surface area contributed by atoms with Crippen molar-refractivity contribution < 1.29 is 9.90 Å². The second-order valence-corrected chi connectivity index (χ2v) is 5.41. The lowest BCUT2D eigenvalue weighted by Crippen LogP contribution is -2.33. The minimum Gasteiger partial charge on any atom is -0.478 e. The van der Waals surface area contributed by atoms with Crippen LogP contribution in [0, 0.1) is 13.8 Å². The first kappa shape index (κ1) is 14.8. The van der Waals surface area contributed by atoms with Crippen molar-refractivity contribution in [3.63, 3.8) is 0 Å². The number of anilines is 1. The van der Waals surface area contributed by atoms with E-state index in [2.05, 4.69) is 15.2 Å². The molecule has 20 heavy (non-hydrogen) atoms. The third-order valence-corrected chi connectivity index (χ3v) is 3.73. The molecule has 1 aliphatic heterocycles. The largest absolute Gasteiger partial charge is 0.478 e. The monoisotopic (exact) mass is 277 g/mol. The Morgan fingerprint density at radius 1 is 1.35 bits per heavy atom. The Kier molecular flexibility index (Phi) is 4.95. The van der Waals surface area contributed by atoms with Crippen LogP contribution in [0.25, 0.3) is 0 Å². The summed E-state index contributed by atoms with van der Waals surface area (Å²) in [4.78, 5) is 18.0. The number of nitrogens with one attached hydrogen (secondary N) is 1. The number of carbonyl (C=O) groups is 1. The molecule has 5 nitrogen and oxygen atoms in total. The summed E-state index contributed by atoms with van der Waals surface area (Å²) in [5, 5.41) is 12.6. The van der Waals surface area contributed by atoms with E-state index < -0.39 is 5.97 Å². The third-order valence-electron chi connectivity index (χ3n) is 3.73. The third kappa shape index (κ3) is 3.70. The van der Waals surface area contributed by atoms with E-state index in [-0.39, 0.29) is 5.56 Å². The van der Waals surface area contributed by atoms with Crippen LogP contribution in [-0.2, 0) is 0 Å². The molecule has 0 spiro atoms. The number of aryl methyl sites for hydroxylation is 2. The molecule has 0 radical (unpaired) electrons. The van der Waals surface area contributed by atoms with Gasteiger partial charge in [0, 0.05) is 18.8 Å². The van der Waals surface area contributed by atoms with Crippen molar-refractivity contribution >= 4 is 11.7 Å². The van der Waals surface area contributed by atoms with Gasteiger partial charge < -0.3 is 15.3 Å². The maximum atomic E-state index is 11.3. The molecule has 1 aliphatic rings. The molecule has 1 aromatic rings. The molecular weight excluding hydrogens is 254 g/mol. The molecule has 1 saturated heterocycles. The van der Waals surface area contributed by atoms with Crippen LogP contribution in [0.5, 0.6) is 0 Å². The number of aromatic carboxylic acids is 1. The van der Waals surface area contributed by atoms with Crippen molar-refractivity contribution in [2.75, 3.05) is 31.5 Å². The van der Waals surface area contributed by atoms with E-state index in [1.807, 2.05) is 13.0 Å². The van der Waals surface area contributed by atoms with Gasteiger partial charge in [-0.3, -0.25) is 4.98 Å². The molecule has 2 heterocycles. The van der Waals surface area contributed by atoms with Crippen molar-refractivity contribution in [2.45, 2.75) is 33.1 Å². The predicted octanol–water partition coefficient (Wildman–Crippen LogP) is 2.29. The first-order valence-electron chi connectivity index (χ1n) is 7.25. The number of hydrogen-bond donors (Lipinski definition) is 2. The summed E-state index contributed by atoms with van der Waals surface area (Å²) >= 11 is 0. The highest BCUT2D eigenvalue weighted by molar-refractivity contribution is 5.95. The van der Waals surface area contributed by atoms with Gasteiger partial charge in [-0.25, -0.2) is 4.79 Å². The van der Waals surface area contributed by atoms with Gasteiger partial charge in [-0.2, -0.15) is 0 Å². The lowest BCUT2D eigenvalue weighted by molar-refractivity contribution is 0.0696. The Hall–Kier alpha value is -1.62. The molecule has 0 atom stereocenters. The van der Waals surface area contributed by atoms with Gasteiger partial charge in [0.25, 0.3) is 0 Å². The minimum atomic E-state index is -0.921. The van der Waals surface area contributed by atoms with Gasteiger partial charge >= 0.3 is 5.97 Å². The second-order valence-electron chi connectivity index (χ2n) is 5.41.